The van der Waals surface area contributed by atoms with Crippen LogP contribution in [0.25, 0.3) is 11.1 Å². The molecule has 1 heterocycles. The number of rotatable bonds is 8. The van der Waals surface area contributed by atoms with Gasteiger partial charge < -0.3 is 9.64 Å². The number of methoxy groups -OCH3 is 1. The molecule has 1 aliphatic rings. The van der Waals surface area contributed by atoms with Crippen LogP contribution in [0, 0.1) is 5.92 Å². The summed E-state index contributed by atoms with van der Waals surface area (Å²) in [5, 5.41) is 0.951. The van der Waals surface area contributed by atoms with Gasteiger partial charge in [-0.25, -0.2) is 8.42 Å². The Morgan fingerprint density at radius 3 is 2.29 bits per heavy atom. The van der Waals surface area contributed by atoms with Crippen LogP contribution in [0.5, 0.6) is 5.75 Å². The molecule has 4 rings (SSSR count). The highest BCUT2D eigenvalue weighted by Gasteiger charge is 2.31. The van der Waals surface area contributed by atoms with Gasteiger partial charge in [-0.2, -0.15) is 0 Å². The van der Waals surface area contributed by atoms with Gasteiger partial charge in [-0.15, -0.1) is 9.24 Å². The average molecular weight is 497 g/mol. The number of benzene rings is 3. The predicted octanol–water partition coefficient (Wildman–Crippen LogP) is 4.79. The normalized spacial score (nSPS) is 15.3. The van der Waals surface area contributed by atoms with Gasteiger partial charge in [0.05, 0.1) is 17.7 Å². The molecule has 0 radical (unpaired) electrons. The fourth-order valence-corrected chi connectivity index (χ4v) is 6.27. The second-order valence-electron chi connectivity index (χ2n) is 8.73. The minimum atomic E-state index is -3.77. The van der Waals surface area contributed by atoms with Gasteiger partial charge in [-0.3, -0.25) is 4.31 Å². The van der Waals surface area contributed by atoms with Crippen LogP contribution in [0.3, 0.4) is 0 Å². The lowest BCUT2D eigenvalue weighted by Gasteiger charge is -2.35. The third-order valence-corrected chi connectivity index (χ3v) is 8.78. The van der Waals surface area contributed by atoms with Crippen molar-refractivity contribution in [2.24, 2.45) is 5.92 Å². The van der Waals surface area contributed by atoms with Gasteiger partial charge in [0.1, 0.15) is 5.75 Å². The lowest BCUT2D eigenvalue weighted by molar-refractivity contribution is 0.196. The highest BCUT2D eigenvalue weighted by atomic mass is 32.2. The molecule has 3 aromatic rings. The lowest BCUT2D eigenvalue weighted by atomic mass is 9.96. The highest BCUT2D eigenvalue weighted by molar-refractivity contribution is 7.92. The van der Waals surface area contributed by atoms with Crippen LogP contribution >= 0.6 is 9.24 Å². The zero-order valence-electron chi connectivity index (χ0n) is 19.9. The Morgan fingerprint density at radius 1 is 1.00 bits per heavy atom. The van der Waals surface area contributed by atoms with Crippen LogP contribution in [0.15, 0.2) is 77.7 Å². The van der Waals surface area contributed by atoms with Crippen molar-refractivity contribution in [2.75, 3.05) is 37.6 Å². The smallest absolute Gasteiger partial charge is 0.264 e. The molecule has 34 heavy (non-hydrogen) atoms. The van der Waals surface area contributed by atoms with Crippen LogP contribution in [-0.4, -0.2) is 46.6 Å². The summed E-state index contributed by atoms with van der Waals surface area (Å²) in [6.45, 7) is 5.67. The molecule has 0 spiro atoms. The second-order valence-corrected chi connectivity index (χ2v) is 11.3. The van der Waals surface area contributed by atoms with E-state index in [1.165, 1.54) is 0 Å². The van der Waals surface area contributed by atoms with E-state index in [-0.39, 0.29) is 0 Å². The summed E-state index contributed by atoms with van der Waals surface area (Å²) < 4.78 is 35.2. The van der Waals surface area contributed by atoms with E-state index in [0.717, 1.165) is 48.9 Å². The summed E-state index contributed by atoms with van der Waals surface area (Å²) in [5.41, 5.74) is 2.48. The molecule has 1 saturated heterocycles. The monoisotopic (exact) mass is 496 g/mol. The molecule has 0 saturated carbocycles. The Kier molecular flexibility index (Phi) is 7.92. The number of hydrogen-bond donors (Lipinski definition) is 0. The number of nitrogens with zero attached hydrogens (tertiary/aromatic N) is 2. The lowest BCUT2D eigenvalue weighted by Crippen LogP contribution is -2.41. The van der Waals surface area contributed by atoms with E-state index in [4.69, 9.17) is 4.74 Å². The summed E-state index contributed by atoms with van der Waals surface area (Å²) in [4.78, 5) is 2.73. The maximum Gasteiger partial charge on any atom is 0.264 e. The molecular formula is C27H33N2O3PS. The predicted molar refractivity (Wildman–Crippen MR) is 144 cm³/mol. The summed E-state index contributed by atoms with van der Waals surface area (Å²) in [6.07, 6.45) is 1.97. The number of hydrogen-bond acceptors (Lipinski definition) is 4. The maximum absolute atomic E-state index is 14.1. The van der Waals surface area contributed by atoms with Gasteiger partial charge >= 0.3 is 0 Å². The van der Waals surface area contributed by atoms with Gasteiger partial charge in [0, 0.05) is 12.1 Å². The molecule has 1 aliphatic heterocycles. The first-order valence-electron chi connectivity index (χ1n) is 11.8. The van der Waals surface area contributed by atoms with Crippen molar-refractivity contribution in [1.29, 1.82) is 0 Å². The first-order valence-corrected chi connectivity index (χ1v) is 13.8. The minimum Gasteiger partial charge on any atom is -0.497 e. The van der Waals surface area contributed by atoms with Crippen molar-refractivity contribution in [2.45, 2.75) is 24.7 Å². The zero-order valence-corrected chi connectivity index (χ0v) is 21.8. The standard InChI is InChI=1S/C27H33N2O3PS/c1-3-28-17-15-21(16-18-28)20-29(34(30,31)25-12-10-24(33)11-13-25)27-14-9-23(32-2)19-26(27)22-7-5-4-6-8-22/h4-14,19,21H,3,15-18,20,33H2,1-2H3. The van der Waals surface area contributed by atoms with Gasteiger partial charge in [0.2, 0.25) is 0 Å². The van der Waals surface area contributed by atoms with Gasteiger partial charge in [-0.05, 0) is 79.6 Å². The molecular weight excluding hydrogens is 463 g/mol. The Morgan fingerprint density at radius 2 is 1.68 bits per heavy atom. The van der Waals surface area contributed by atoms with E-state index in [9.17, 15) is 8.42 Å². The molecule has 1 unspecified atom stereocenters. The highest BCUT2D eigenvalue weighted by Crippen LogP contribution is 2.38. The van der Waals surface area contributed by atoms with E-state index in [1.807, 2.05) is 60.7 Å². The number of ether oxygens (including phenoxy) is 1. The van der Waals surface area contributed by atoms with Gasteiger partial charge in [0.25, 0.3) is 10.0 Å². The van der Waals surface area contributed by atoms with Gasteiger partial charge in [-0.1, -0.05) is 49.4 Å². The average Bonchev–Trinajstić information content (AvgIpc) is 2.88. The molecule has 5 nitrogen and oxygen atoms in total. The molecule has 1 fully saturated rings. The number of anilines is 1. The third kappa shape index (κ3) is 5.46. The van der Waals surface area contributed by atoms with E-state index in [1.54, 1.807) is 23.5 Å². The van der Waals surface area contributed by atoms with Crippen molar-refractivity contribution in [1.82, 2.24) is 4.90 Å². The molecule has 0 aliphatic carbocycles. The fraction of sp³-hybridized carbons (Fsp3) is 0.333. The Labute approximate surface area is 206 Å². The molecule has 0 N–H and O–H groups in total. The van der Waals surface area contributed by atoms with Crippen LogP contribution in [0.4, 0.5) is 5.69 Å². The summed E-state index contributed by atoms with van der Waals surface area (Å²) in [7, 11) is 0.470. The van der Waals surface area contributed by atoms with Crippen LogP contribution in [0.1, 0.15) is 19.8 Å². The van der Waals surface area contributed by atoms with Crippen LogP contribution < -0.4 is 14.3 Å². The van der Waals surface area contributed by atoms with Gasteiger partial charge in [0.15, 0.2) is 0 Å². The maximum atomic E-state index is 14.1. The molecule has 0 bridgehead atoms. The summed E-state index contributed by atoms with van der Waals surface area (Å²) in [6, 6.07) is 22.6. The number of sulfonamides is 1. The van der Waals surface area contributed by atoms with E-state index >= 15 is 0 Å². The van der Waals surface area contributed by atoms with Crippen molar-refractivity contribution >= 4 is 30.3 Å². The van der Waals surface area contributed by atoms with Crippen molar-refractivity contribution < 1.29 is 13.2 Å². The minimum absolute atomic E-state index is 0.296. The summed E-state index contributed by atoms with van der Waals surface area (Å²) in [5.74, 6) is 0.993. The molecule has 0 amide bonds. The van der Waals surface area contributed by atoms with Crippen molar-refractivity contribution in [3.63, 3.8) is 0 Å². The van der Waals surface area contributed by atoms with Crippen molar-refractivity contribution in [3.8, 4) is 16.9 Å². The first kappa shape index (κ1) is 24.7. The van der Waals surface area contributed by atoms with E-state index in [2.05, 4.69) is 21.1 Å². The van der Waals surface area contributed by atoms with Crippen LogP contribution in [-0.2, 0) is 10.0 Å². The SMILES string of the molecule is CCN1CCC(CN(c2ccc(OC)cc2-c2ccccc2)S(=O)(=O)c2ccc(P)cc2)CC1. The van der Waals surface area contributed by atoms with E-state index in [0.29, 0.717) is 28.8 Å². The quantitative estimate of drug-likeness (QED) is 0.421. The number of piperidine rings is 1. The topological polar surface area (TPSA) is 49.9 Å². The molecule has 1 atom stereocenters. The molecule has 0 aromatic heterocycles. The fourth-order valence-electron chi connectivity index (χ4n) is 4.52. The molecule has 3 aromatic carbocycles. The Balaban J connectivity index is 1.81. The molecule has 180 valence electrons. The van der Waals surface area contributed by atoms with Crippen molar-refractivity contribution in [3.05, 3.63) is 72.8 Å². The molecule has 7 heteroatoms. The van der Waals surface area contributed by atoms with E-state index < -0.39 is 10.0 Å². The third-order valence-electron chi connectivity index (χ3n) is 6.60. The number of likely N-dealkylation sites (tertiary alicyclic amines) is 1. The van der Waals surface area contributed by atoms with Crippen LogP contribution in [0.2, 0.25) is 0 Å². The summed E-state index contributed by atoms with van der Waals surface area (Å²) >= 11 is 0. The zero-order chi connectivity index (χ0) is 24.1. The Hall–Kier alpha value is -2.40. The largest absolute Gasteiger partial charge is 0.497 e. The first-order chi connectivity index (χ1) is 16.4. The Bertz CT molecular complexity index is 1190. The second kappa shape index (κ2) is 10.9.